The first-order valence-corrected chi connectivity index (χ1v) is 8.48. The first-order chi connectivity index (χ1) is 10.5. The Hall–Kier alpha value is -1.40. The van der Waals surface area contributed by atoms with Crippen LogP contribution in [0.2, 0.25) is 0 Å². The average molecular weight is 327 g/mol. The largest absolute Gasteiger partial charge is 0.481 e. The van der Waals surface area contributed by atoms with Crippen molar-refractivity contribution in [1.29, 1.82) is 0 Å². The summed E-state index contributed by atoms with van der Waals surface area (Å²) in [7, 11) is 0. The Morgan fingerprint density at radius 1 is 1.41 bits per heavy atom. The van der Waals surface area contributed by atoms with Crippen LogP contribution in [0.3, 0.4) is 0 Å². The Kier molecular flexibility index (Phi) is 8.12. The molecule has 0 aliphatic rings. The minimum Gasteiger partial charge on any atom is -0.481 e. The first kappa shape index (κ1) is 18.6. The number of ether oxygens (including phenoxy) is 1. The van der Waals surface area contributed by atoms with E-state index in [1.54, 1.807) is 23.2 Å². The third-order valence-electron chi connectivity index (χ3n) is 3.49. The van der Waals surface area contributed by atoms with E-state index in [2.05, 4.69) is 0 Å². The topological polar surface area (TPSA) is 66.8 Å². The Labute approximate surface area is 135 Å². The monoisotopic (exact) mass is 327 g/mol. The van der Waals surface area contributed by atoms with Crippen molar-refractivity contribution in [3.63, 3.8) is 0 Å². The Morgan fingerprint density at radius 2 is 2.14 bits per heavy atom. The number of aliphatic carboxylic acids is 1. The SMILES string of the molecule is CCOCCCN(CC(C)C(=O)O)C(=O)C(C)c1cccs1. The molecule has 0 saturated heterocycles. The van der Waals surface area contributed by atoms with Crippen molar-refractivity contribution < 1.29 is 19.4 Å². The maximum Gasteiger partial charge on any atom is 0.308 e. The number of thiophene rings is 1. The van der Waals surface area contributed by atoms with Gasteiger partial charge in [-0.05, 0) is 31.7 Å². The van der Waals surface area contributed by atoms with Crippen LogP contribution in [0.5, 0.6) is 0 Å². The average Bonchev–Trinajstić information content (AvgIpc) is 3.02. The maximum atomic E-state index is 12.7. The molecule has 124 valence electrons. The van der Waals surface area contributed by atoms with Crippen LogP contribution in [-0.2, 0) is 14.3 Å². The molecule has 0 saturated carbocycles. The molecule has 0 aromatic carbocycles. The lowest BCUT2D eigenvalue weighted by atomic mass is 10.1. The third-order valence-corrected chi connectivity index (χ3v) is 4.54. The molecule has 1 aromatic heterocycles. The Bertz CT molecular complexity index is 461. The van der Waals surface area contributed by atoms with Gasteiger partial charge in [0.2, 0.25) is 5.91 Å². The molecule has 22 heavy (non-hydrogen) atoms. The Morgan fingerprint density at radius 3 is 2.68 bits per heavy atom. The third kappa shape index (κ3) is 5.77. The molecular weight excluding hydrogens is 302 g/mol. The fourth-order valence-corrected chi connectivity index (χ4v) is 2.91. The molecule has 5 nitrogen and oxygen atoms in total. The molecule has 0 radical (unpaired) electrons. The highest BCUT2D eigenvalue weighted by atomic mass is 32.1. The van der Waals surface area contributed by atoms with Crippen LogP contribution < -0.4 is 0 Å². The van der Waals surface area contributed by atoms with Gasteiger partial charge in [-0.25, -0.2) is 0 Å². The molecule has 0 aliphatic carbocycles. The standard InChI is InChI=1S/C16H25NO4S/c1-4-21-9-6-8-17(11-12(2)16(19)20)15(18)13(3)14-7-5-10-22-14/h5,7,10,12-13H,4,6,8-9,11H2,1-3H3,(H,19,20). The minimum atomic E-state index is -0.883. The summed E-state index contributed by atoms with van der Waals surface area (Å²) in [6.07, 6.45) is 0.711. The lowest BCUT2D eigenvalue weighted by Crippen LogP contribution is -2.40. The van der Waals surface area contributed by atoms with Gasteiger partial charge in [0, 0.05) is 31.2 Å². The number of carboxylic acids is 1. The van der Waals surface area contributed by atoms with Gasteiger partial charge in [0.15, 0.2) is 0 Å². The zero-order valence-electron chi connectivity index (χ0n) is 13.4. The first-order valence-electron chi connectivity index (χ1n) is 7.60. The zero-order chi connectivity index (χ0) is 16.5. The molecule has 0 spiro atoms. The van der Waals surface area contributed by atoms with E-state index in [-0.39, 0.29) is 18.4 Å². The van der Waals surface area contributed by atoms with Gasteiger partial charge in [-0.15, -0.1) is 11.3 Å². The number of nitrogens with zero attached hydrogens (tertiary/aromatic N) is 1. The van der Waals surface area contributed by atoms with Crippen LogP contribution in [0.15, 0.2) is 17.5 Å². The second kappa shape index (κ2) is 9.58. The summed E-state index contributed by atoms with van der Waals surface area (Å²) in [5, 5.41) is 11.0. The van der Waals surface area contributed by atoms with Crippen molar-refractivity contribution >= 4 is 23.2 Å². The van der Waals surface area contributed by atoms with Crippen LogP contribution in [0.25, 0.3) is 0 Å². The van der Waals surface area contributed by atoms with E-state index in [1.165, 1.54) is 0 Å². The maximum absolute atomic E-state index is 12.7. The van der Waals surface area contributed by atoms with E-state index in [4.69, 9.17) is 9.84 Å². The molecule has 1 amide bonds. The van der Waals surface area contributed by atoms with Gasteiger partial charge in [0.05, 0.1) is 11.8 Å². The predicted molar refractivity (Wildman–Crippen MR) is 87.2 cm³/mol. The summed E-state index contributed by atoms with van der Waals surface area (Å²) in [6, 6.07) is 3.86. The number of hydrogen-bond donors (Lipinski definition) is 1. The Balaban J connectivity index is 2.69. The molecule has 2 unspecified atom stereocenters. The number of rotatable bonds is 10. The molecule has 0 bridgehead atoms. The van der Waals surface area contributed by atoms with Crippen molar-refractivity contribution in [3.05, 3.63) is 22.4 Å². The van der Waals surface area contributed by atoms with Gasteiger partial charge in [0.25, 0.3) is 0 Å². The lowest BCUT2D eigenvalue weighted by molar-refractivity contribution is -0.143. The predicted octanol–water partition coefficient (Wildman–Crippen LogP) is 2.83. The van der Waals surface area contributed by atoms with Crippen LogP contribution >= 0.6 is 11.3 Å². The molecule has 2 atom stereocenters. The number of carbonyl (C=O) groups is 2. The van der Waals surface area contributed by atoms with Crippen LogP contribution in [0.4, 0.5) is 0 Å². The van der Waals surface area contributed by atoms with Crippen molar-refractivity contribution in [2.45, 2.75) is 33.1 Å². The summed E-state index contributed by atoms with van der Waals surface area (Å²) in [5.74, 6) is -1.72. The second-order valence-electron chi connectivity index (χ2n) is 5.31. The van der Waals surface area contributed by atoms with Gasteiger partial charge in [0.1, 0.15) is 0 Å². The van der Waals surface area contributed by atoms with E-state index in [9.17, 15) is 9.59 Å². The summed E-state index contributed by atoms with van der Waals surface area (Å²) in [4.78, 5) is 26.4. The number of amides is 1. The normalized spacial score (nSPS) is 13.6. The van der Waals surface area contributed by atoms with Gasteiger partial charge in [-0.3, -0.25) is 9.59 Å². The van der Waals surface area contributed by atoms with E-state index in [0.29, 0.717) is 26.2 Å². The summed E-state index contributed by atoms with van der Waals surface area (Å²) in [6.45, 7) is 7.40. The highest BCUT2D eigenvalue weighted by Crippen LogP contribution is 2.23. The van der Waals surface area contributed by atoms with Gasteiger partial charge >= 0.3 is 5.97 Å². The van der Waals surface area contributed by atoms with Gasteiger partial charge in [-0.2, -0.15) is 0 Å². The van der Waals surface area contributed by atoms with Crippen molar-refractivity contribution in [2.75, 3.05) is 26.3 Å². The van der Waals surface area contributed by atoms with Crippen LogP contribution in [0.1, 0.15) is 38.0 Å². The fourth-order valence-electron chi connectivity index (χ4n) is 2.14. The van der Waals surface area contributed by atoms with Gasteiger partial charge < -0.3 is 14.7 Å². The van der Waals surface area contributed by atoms with E-state index < -0.39 is 11.9 Å². The zero-order valence-corrected chi connectivity index (χ0v) is 14.3. The molecule has 0 fully saturated rings. The summed E-state index contributed by atoms with van der Waals surface area (Å²) in [5.41, 5.74) is 0. The molecule has 1 N–H and O–H groups in total. The van der Waals surface area contributed by atoms with Crippen LogP contribution in [0, 0.1) is 5.92 Å². The molecule has 0 aliphatic heterocycles. The lowest BCUT2D eigenvalue weighted by Gasteiger charge is -2.27. The van der Waals surface area contributed by atoms with Crippen molar-refractivity contribution in [1.82, 2.24) is 4.90 Å². The fraction of sp³-hybridized carbons (Fsp3) is 0.625. The van der Waals surface area contributed by atoms with E-state index >= 15 is 0 Å². The minimum absolute atomic E-state index is 0.0213. The molecule has 1 rings (SSSR count). The molecule has 6 heteroatoms. The van der Waals surface area contributed by atoms with Crippen LogP contribution in [-0.4, -0.2) is 48.2 Å². The summed E-state index contributed by atoms with van der Waals surface area (Å²) >= 11 is 1.55. The smallest absolute Gasteiger partial charge is 0.308 e. The highest BCUT2D eigenvalue weighted by Gasteiger charge is 2.25. The molecular formula is C16H25NO4S. The van der Waals surface area contributed by atoms with E-state index in [0.717, 1.165) is 4.88 Å². The molecule has 1 aromatic rings. The van der Waals surface area contributed by atoms with Crippen molar-refractivity contribution in [3.8, 4) is 0 Å². The van der Waals surface area contributed by atoms with Gasteiger partial charge in [-0.1, -0.05) is 13.0 Å². The van der Waals surface area contributed by atoms with Crippen molar-refractivity contribution in [2.24, 2.45) is 5.92 Å². The quantitative estimate of drug-likeness (QED) is 0.671. The number of carbonyl (C=O) groups excluding carboxylic acids is 1. The number of hydrogen-bond acceptors (Lipinski definition) is 4. The second-order valence-corrected chi connectivity index (χ2v) is 6.29. The number of carboxylic acid groups (broad SMARTS) is 1. The summed E-state index contributed by atoms with van der Waals surface area (Å²) < 4.78 is 5.30. The van der Waals surface area contributed by atoms with E-state index in [1.807, 2.05) is 31.4 Å². The highest BCUT2D eigenvalue weighted by molar-refractivity contribution is 7.10. The molecule has 1 heterocycles.